The fraction of sp³-hybridized carbons (Fsp3) is 0.750. The van der Waals surface area contributed by atoms with Crippen LogP contribution >= 0.6 is 7.82 Å². The molecule has 0 amide bonds. The van der Waals surface area contributed by atoms with Crippen molar-refractivity contribution in [1.29, 1.82) is 0 Å². The van der Waals surface area contributed by atoms with Gasteiger partial charge in [-0.05, 0) is 77.0 Å². The van der Waals surface area contributed by atoms with Crippen LogP contribution in [-0.2, 0) is 32.7 Å². The standard InChI is InChI=1S/C48H86NO8P/c1-6-8-10-12-14-16-18-20-21-22-23-24-25-26-27-29-31-33-35-37-39-41-48(51)57-46(45-56-58(52,53)55-43-42-49(3,4)5)44-54-47(50)40-38-36-34-32-30-28-19-17-15-13-11-9-7-2/h11,13,17-20,22-23,25-26,46H,6-10,12,14-16,21,24,27-45H2,1-5H3/b13-11-,19-17-,20-18-,23-22-,26-25-. The van der Waals surface area contributed by atoms with Crippen molar-refractivity contribution in [2.24, 2.45) is 0 Å². The molecule has 0 aliphatic carbocycles. The van der Waals surface area contributed by atoms with Gasteiger partial charge in [0.2, 0.25) is 0 Å². The summed E-state index contributed by atoms with van der Waals surface area (Å²) in [7, 11) is 1.14. The van der Waals surface area contributed by atoms with Gasteiger partial charge in [0.15, 0.2) is 6.10 Å². The lowest BCUT2D eigenvalue weighted by Gasteiger charge is -2.28. The number of hydrogen-bond donors (Lipinski definition) is 0. The summed E-state index contributed by atoms with van der Waals surface area (Å²) in [5.74, 6) is -0.869. The van der Waals surface area contributed by atoms with Gasteiger partial charge in [-0.15, -0.1) is 0 Å². The maximum absolute atomic E-state index is 12.7. The number of phosphoric ester groups is 1. The summed E-state index contributed by atoms with van der Waals surface area (Å²) >= 11 is 0. The van der Waals surface area contributed by atoms with E-state index in [2.05, 4.69) is 74.6 Å². The van der Waals surface area contributed by atoms with E-state index in [9.17, 15) is 19.0 Å². The molecule has 0 radical (unpaired) electrons. The van der Waals surface area contributed by atoms with Crippen LogP contribution in [0.2, 0.25) is 0 Å². The van der Waals surface area contributed by atoms with Gasteiger partial charge < -0.3 is 27.9 Å². The molecule has 2 unspecified atom stereocenters. The Morgan fingerprint density at radius 1 is 0.534 bits per heavy atom. The van der Waals surface area contributed by atoms with Gasteiger partial charge in [-0.1, -0.05) is 152 Å². The van der Waals surface area contributed by atoms with Gasteiger partial charge >= 0.3 is 11.9 Å². The van der Waals surface area contributed by atoms with Crippen molar-refractivity contribution >= 4 is 19.8 Å². The molecule has 0 saturated carbocycles. The van der Waals surface area contributed by atoms with Crippen molar-refractivity contribution in [3.05, 3.63) is 60.8 Å². The number of allylic oxidation sites excluding steroid dienone is 10. The summed E-state index contributed by atoms with van der Waals surface area (Å²) in [6.45, 7) is 4.11. The van der Waals surface area contributed by atoms with Gasteiger partial charge in [-0.2, -0.15) is 0 Å². The van der Waals surface area contributed by atoms with Crippen molar-refractivity contribution < 1.29 is 42.1 Å². The van der Waals surface area contributed by atoms with Crippen molar-refractivity contribution in [1.82, 2.24) is 0 Å². The van der Waals surface area contributed by atoms with E-state index in [1.165, 1.54) is 44.9 Å². The summed E-state index contributed by atoms with van der Waals surface area (Å²) in [5, 5.41) is 0. The minimum absolute atomic E-state index is 0.0386. The zero-order chi connectivity index (χ0) is 42.8. The quantitative estimate of drug-likeness (QED) is 0.0197. The highest BCUT2D eigenvalue weighted by atomic mass is 31.2. The fourth-order valence-corrected chi connectivity index (χ4v) is 6.60. The van der Waals surface area contributed by atoms with Crippen molar-refractivity contribution in [2.75, 3.05) is 47.5 Å². The van der Waals surface area contributed by atoms with E-state index in [1.807, 2.05) is 21.1 Å². The molecule has 0 heterocycles. The normalized spacial score (nSPS) is 14.1. The van der Waals surface area contributed by atoms with Crippen LogP contribution in [0.5, 0.6) is 0 Å². The second-order valence-electron chi connectivity index (χ2n) is 16.4. The highest BCUT2D eigenvalue weighted by Gasteiger charge is 2.21. The molecular formula is C48H86NO8P. The first-order chi connectivity index (χ1) is 28.0. The van der Waals surface area contributed by atoms with Gasteiger partial charge in [0.05, 0.1) is 27.7 Å². The van der Waals surface area contributed by atoms with E-state index >= 15 is 0 Å². The Bertz CT molecular complexity index is 1170. The number of quaternary nitrogens is 1. The van der Waals surface area contributed by atoms with E-state index in [-0.39, 0.29) is 26.1 Å². The zero-order valence-electron chi connectivity index (χ0n) is 37.7. The van der Waals surface area contributed by atoms with Crippen LogP contribution in [0.4, 0.5) is 0 Å². The molecule has 0 aromatic carbocycles. The fourth-order valence-electron chi connectivity index (χ4n) is 5.87. The number of phosphoric acid groups is 1. The molecular weight excluding hydrogens is 750 g/mol. The number of likely N-dealkylation sites (N-methyl/N-ethyl adjacent to an activating group) is 1. The lowest BCUT2D eigenvalue weighted by atomic mass is 10.1. The number of carbonyl (C=O) groups is 2. The molecule has 58 heavy (non-hydrogen) atoms. The summed E-state index contributed by atoms with van der Waals surface area (Å²) in [6.07, 6.45) is 48.2. The van der Waals surface area contributed by atoms with Crippen molar-refractivity contribution in [2.45, 2.75) is 187 Å². The molecule has 9 nitrogen and oxygen atoms in total. The third-order valence-corrected chi connectivity index (χ3v) is 10.5. The van der Waals surface area contributed by atoms with E-state index in [0.29, 0.717) is 23.9 Å². The number of esters is 2. The molecule has 0 spiro atoms. The second-order valence-corrected chi connectivity index (χ2v) is 17.8. The third-order valence-electron chi connectivity index (χ3n) is 9.49. The highest BCUT2D eigenvalue weighted by Crippen LogP contribution is 2.38. The van der Waals surface area contributed by atoms with Gasteiger partial charge in [-0.25, -0.2) is 0 Å². The van der Waals surface area contributed by atoms with Crippen LogP contribution in [0, 0.1) is 0 Å². The second kappa shape index (κ2) is 40.1. The minimum atomic E-state index is -4.63. The zero-order valence-corrected chi connectivity index (χ0v) is 38.6. The number of hydrogen-bond acceptors (Lipinski definition) is 8. The number of carbonyl (C=O) groups excluding carboxylic acids is 2. The Hall–Kier alpha value is -2.29. The van der Waals surface area contributed by atoms with E-state index in [1.54, 1.807) is 0 Å². The lowest BCUT2D eigenvalue weighted by Crippen LogP contribution is -2.37. The minimum Gasteiger partial charge on any atom is -0.756 e. The predicted octanol–water partition coefficient (Wildman–Crippen LogP) is 12.6. The molecule has 2 atom stereocenters. The summed E-state index contributed by atoms with van der Waals surface area (Å²) in [6, 6.07) is 0. The van der Waals surface area contributed by atoms with Crippen LogP contribution < -0.4 is 4.89 Å². The summed E-state index contributed by atoms with van der Waals surface area (Å²) < 4.78 is 33.9. The van der Waals surface area contributed by atoms with Gasteiger partial charge in [-0.3, -0.25) is 14.2 Å². The summed E-state index contributed by atoms with van der Waals surface area (Å²) in [5.41, 5.74) is 0. The third kappa shape index (κ3) is 43.3. The average Bonchev–Trinajstić information content (AvgIpc) is 3.17. The van der Waals surface area contributed by atoms with E-state index in [4.69, 9.17) is 18.5 Å². The highest BCUT2D eigenvalue weighted by molar-refractivity contribution is 7.45. The molecule has 0 rings (SSSR count). The van der Waals surface area contributed by atoms with Crippen molar-refractivity contribution in [3.63, 3.8) is 0 Å². The van der Waals surface area contributed by atoms with E-state index in [0.717, 1.165) is 96.3 Å². The molecule has 0 aromatic heterocycles. The molecule has 0 N–H and O–H groups in total. The molecule has 0 aromatic rings. The van der Waals surface area contributed by atoms with Crippen LogP contribution in [0.15, 0.2) is 60.8 Å². The number of nitrogens with zero attached hydrogens (tertiary/aromatic N) is 1. The molecule has 0 bridgehead atoms. The topological polar surface area (TPSA) is 111 Å². The molecule has 0 saturated heterocycles. The van der Waals surface area contributed by atoms with Gasteiger partial charge in [0, 0.05) is 12.8 Å². The first-order valence-electron chi connectivity index (χ1n) is 23.0. The first kappa shape index (κ1) is 55.7. The Morgan fingerprint density at radius 3 is 1.45 bits per heavy atom. The molecule has 0 fully saturated rings. The number of ether oxygens (including phenoxy) is 2. The maximum atomic E-state index is 12.7. The van der Waals surface area contributed by atoms with E-state index < -0.39 is 32.5 Å². The SMILES string of the molecule is CCC/C=C\C/C=C\CCCCCCCC(=O)OCC(COP(=O)([O-])OCC[N+](C)(C)C)OC(=O)CCCCCCCC/C=C\C/C=C\C/C=C\CCCCCCC. The summed E-state index contributed by atoms with van der Waals surface area (Å²) in [4.78, 5) is 37.5. The average molecular weight is 836 g/mol. The largest absolute Gasteiger partial charge is 0.756 e. The molecule has 10 heteroatoms. The molecule has 336 valence electrons. The first-order valence-corrected chi connectivity index (χ1v) is 24.5. The smallest absolute Gasteiger partial charge is 0.306 e. The monoisotopic (exact) mass is 836 g/mol. The van der Waals surface area contributed by atoms with Crippen LogP contribution in [-0.4, -0.2) is 70.0 Å². The molecule has 0 aliphatic heterocycles. The number of rotatable bonds is 41. The Labute approximate surface area is 356 Å². The van der Waals surface area contributed by atoms with Crippen LogP contribution in [0.1, 0.15) is 181 Å². The van der Waals surface area contributed by atoms with Crippen LogP contribution in [0.3, 0.4) is 0 Å². The molecule has 0 aliphatic rings. The van der Waals surface area contributed by atoms with Crippen molar-refractivity contribution in [3.8, 4) is 0 Å². The van der Waals surface area contributed by atoms with Crippen LogP contribution in [0.25, 0.3) is 0 Å². The predicted molar refractivity (Wildman–Crippen MR) is 240 cm³/mol. The maximum Gasteiger partial charge on any atom is 0.306 e. The lowest BCUT2D eigenvalue weighted by molar-refractivity contribution is -0.870. The van der Waals surface area contributed by atoms with Gasteiger partial charge in [0.1, 0.15) is 19.8 Å². The Kier molecular flexibility index (Phi) is 38.5. The van der Waals surface area contributed by atoms with Gasteiger partial charge in [0.25, 0.3) is 7.82 Å². The number of unbranched alkanes of at least 4 members (excludes halogenated alkanes) is 17. The Morgan fingerprint density at radius 2 is 0.966 bits per heavy atom. The Balaban J connectivity index is 4.36.